The molecule has 0 saturated carbocycles. The van der Waals surface area contributed by atoms with Crippen molar-refractivity contribution in [2.75, 3.05) is 17.1 Å². The van der Waals surface area contributed by atoms with Crippen molar-refractivity contribution in [1.29, 1.82) is 0 Å². The van der Waals surface area contributed by atoms with Crippen LogP contribution in [0.5, 0.6) is 0 Å². The molecule has 2 aromatic carbocycles. The fourth-order valence-corrected chi connectivity index (χ4v) is 3.91. The fourth-order valence-electron chi connectivity index (χ4n) is 2.84. The Morgan fingerprint density at radius 1 is 1.13 bits per heavy atom. The summed E-state index contributed by atoms with van der Waals surface area (Å²) in [7, 11) is -3.70. The number of nitrogens with one attached hydrogen (secondary N) is 1. The quantitative estimate of drug-likeness (QED) is 0.528. The van der Waals surface area contributed by atoms with Crippen molar-refractivity contribution >= 4 is 38.9 Å². The standard InChI is InChI=1S/C22H28ClN3O3S/c1-15-19(23)8-7-9-20(15)26(30(6,28)29)14-21(27)25-24-16(2)17-10-12-18(13-11-17)22(3,4)5/h7-13H,14H2,1-6H3,(H,25,27)/b24-16-. The lowest BCUT2D eigenvalue weighted by molar-refractivity contribution is -0.119. The van der Waals surface area contributed by atoms with Crippen molar-refractivity contribution in [3.05, 3.63) is 64.2 Å². The van der Waals surface area contributed by atoms with Crippen molar-refractivity contribution in [2.24, 2.45) is 5.10 Å². The highest BCUT2D eigenvalue weighted by atomic mass is 35.5. The molecule has 1 amide bonds. The van der Waals surface area contributed by atoms with Gasteiger partial charge >= 0.3 is 0 Å². The molecule has 30 heavy (non-hydrogen) atoms. The first kappa shape index (κ1) is 23.9. The first-order chi connectivity index (χ1) is 13.8. The second-order valence-corrected chi connectivity index (χ2v) is 10.5. The number of carbonyl (C=O) groups excluding carboxylic acids is 1. The molecule has 0 heterocycles. The molecule has 1 N–H and O–H groups in total. The second-order valence-electron chi connectivity index (χ2n) is 8.21. The van der Waals surface area contributed by atoms with E-state index in [0.717, 1.165) is 16.1 Å². The third-order valence-corrected chi connectivity index (χ3v) is 6.25. The van der Waals surface area contributed by atoms with E-state index in [1.54, 1.807) is 32.0 Å². The number of nitrogens with zero attached hydrogens (tertiary/aromatic N) is 2. The maximum Gasteiger partial charge on any atom is 0.260 e. The van der Waals surface area contributed by atoms with Gasteiger partial charge in [-0.05, 0) is 48.1 Å². The Labute approximate surface area is 184 Å². The SMILES string of the molecule is C/C(=N/NC(=O)CN(c1cccc(Cl)c1C)S(C)(=O)=O)c1ccc(C(C)(C)C)cc1. The van der Waals surface area contributed by atoms with Crippen LogP contribution in [0, 0.1) is 6.92 Å². The van der Waals surface area contributed by atoms with Gasteiger partial charge < -0.3 is 0 Å². The molecule has 0 bridgehead atoms. The normalized spacial score (nSPS) is 12.6. The van der Waals surface area contributed by atoms with E-state index in [1.807, 2.05) is 24.3 Å². The third kappa shape index (κ3) is 6.06. The molecule has 0 aromatic heterocycles. The van der Waals surface area contributed by atoms with Gasteiger partial charge in [0.05, 0.1) is 17.7 Å². The zero-order chi connectivity index (χ0) is 22.7. The van der Waals surface area contributed by atoms with Crippen LogP contribution in [-0.2, 0) is 20.2 Å². The van der Waals surface area contributed by atoms with Gasteiger partial charge in [0.2, 0.25) is 10.0 Å². The van der Waals surface area contributed by atoms with Gasteiger partial charge in [0, 0.05) is 5.02 Å². The predicted octanol–water partition coefficient (Wildman–Crippen LogP) is 4.25. The summed E-state index contributed by atoms with van der Waals surface area (Å²) in [6.07, 6.45) is 1.05. The van der Waals surface area contributed by atoms with Gasteiger partial charge in [0.25, 0.3) is 5.91 Å². The Morgan fingerprint density at radius 3 is 2.27 bits per heavy atom. The van der Waals surface area contributed by atoms with Gasteiger partial charge in [-0.25, -0.2) is 13.8 Å². The first-order valence-corrected chi connectivity index (χ1v) is 11.7. The molecule has 8 heteroatoms. The molecule has 0 fully saturated rings. The molecule has 2 rings (SSSR count). The second kappa shape index (κ2) is 9.18. The van der Waals surface area contributed by atoms with E-state index < -0.39 is 22.5 Å². The number of hydrogen-bond donors (Lipinski definition) is 1. The summed E-state index contributed by atoms with van der Waals surface area (Å²) in [6.45, 7) is 9.49. The predicted molar refractivity (Wildman–Crippen MR) is 124 cm³/mol. The van der Waals surface area contributed by atoms with Crippen molar-refractivity contribution in [3.63, 3.8) is 0 Å². The number of amides is 1. The minimum atomic E-state index is -3.70. The summed E-state index contributed by atoms with van der Waals surface area (Å²) in [4.78, 5) is 12.4. The maximum absolute atomic E-state index is 12.4. The molecule has 2 aromatic rings. The van der Waals surface area contributed by atoms with Crippen LogP contribution in [0.25, 0.3) is 0 Å². The van der Waals surface area contributed by atoms with E-state index in [0.29, 0.717) is 22.0 Å². The van der Waals surface area contributed by atoms with Crippen LogP contribution in [0.3, 0.4) is 0 Å². The van der Waals surface area contributed by atoms with Gasteiger partial charge in [-0.15, -0.1) is 0 Å². The topological polar surface area (TPSA) is 78.8 Å². The number of carbonyl (C=O) groups is 1. The largest absolute Gasteiger partial charge is 0.271 e. The number of hydrazone groups is 1. The highest BCUT2D eigenvalue weighted by molar-refractivity contribution is 7.92. The van der Waals surface area contributed by atoms with Crippen LogP contribution in [-0.4, -0.2) is 32.8 Å². The lowest BCUT2D eigenvalue weighted by Crippen LogP contribution is -2.39. The Hall–Kier alpha value is -2.38. The first-order valence-electron chi connectivity index (χ1n) is 9.47. The van der Waals surface area contributed by atoms with E-state index in [-0.39, 0.29) is 5.41 Å². The molecule has 0 aliphatic heterocycles. The molecule has 0 aliphatic carbocycles. The van der Waals surface area contributed by atoms with Crippen LogP contribution in [0.1, 0.15) is 44.4 Å². The molecule has 0 saturated heterocycles. The molecule has 0 atom stereocenters. The van der Waals surface area contributed by atoms with Crippen LogP contribution in [0.15, 0.2) is 47.6 Å². The van der Waals surface area contributed by atoms with Gasteiger partial charge in [-0.1, -0.05) is 62.7 Å². The summed E-state index contributed by atoms with van der Waals surface area (Å²) >= 11 is 6.11. The van der Waals surface area contributed by atoms with Crippen LogP contribution in [0.2, 0.25) is 5.02 Å². The fraction of sp³-hybridized carbons (Fsp3) is 0.364. The van der Waals surface area contributed by atoms with Crippen LogP contribution >= 0.6 is 11.6 Å². The minimum Gasteiger partial charge on any atom is -0.271 e. The molecule has 0 radical (unpaired) electrons. The smallest absolute Gasteiger partial charge is 0.260 e. The Bertz CT molecular complexity index is 1060. The van der Waals surface area contributed by atoms with E-state index in [9.17, 15) is 13.2 Å². The molecule has 0 aliphatic rings. The number of halogens is 1. The van der Waals surface area contributed by atoms with Crippen molar-refractivity contribution in [2.45, 2.75) is 40.0 Å². The lowest BCUT2D eigenvalue weighted by Gasteiger charge is -2.23. The monoisotopic (exact) mass is 449 g/mol. The Kier molecular flexibility index (Phi) is 7.31. The highest BCUT2D eigenvalue weighted by Crippen LogP contribution is 2.28. The van der Waals surface area contributed by atoms with Gasteiger partial charge in [-0.3, -0.25) is 9.10 Å². The summed E-state index contributed by atoms with van der Waals surface area (Å²) in [5, 5.41) is 4.55. The van der Waals surface area contributed by atoms with E-state index in [2.05, 4.69) is 31.3 Å². The molecule has 6 nitrogen and oxygen atoms in total. The van der Waals surface area contributed by atoms with Gasteiger partial charge in [0.1, 0.15) is 6.54 Å². The molecule has 0 spiro atoms. The maximum atomic E-state index is 12.4. The van der Waals surface area contributed by atoms with Crippen LogP contribution in [0.4, 0.5) is 5.69 Å². The number of sulfonamides is 1. The zero-order valence-corrected chi connectivity index (χ0v) is 19.7. The van der Waals surface area contributed by atoms with E-state index in [1.165, 1.54) is 5.56 Å². The third-order valence-electron chi connectivity index (χ3n) is 4.71. The lowest BCUT2D eigenvalue weighted by atomic mass is 9.86. The number of benzene rings is 2. The van der Waals surface area contributed by atoms with Crippen molar-refractivity contribution in [1.82, 2.24) is 5.43 Å². The summed E-state index contributed by atoms with van der Waals surface area (Å²) < 4.78 is 25.6. The van der Waals surface area contributed by atoms with Crippen molar-refractivity contribution in [3.8, 4) is 0 Å². The number of rotatable bonds is 6. The summed E-state index contributed by atoms with van der Waals surface area (Å²) in [5.74, 6) is -0.550. The molecule has 0 unspecified atom stereocenters. The Morgan fingerprint density at radius 2 is 1.73 bits per heavy atom. The number of hydrogen-bond acceptors (Lipinski definition) is 4. The molecule has 162 valence electrons. The number of anilines is 1. The van der Waals surface area contributed by atoms with E-state index >= 15 is 0 Å². The minimum absolute atomic E-state index is 0.0470. The average Bonchev–Trinajstić information content (AvgIpc) is 2.65. The van der Waals surface area contributed by atoms with Crippen LogP contribution < -0.4 is 9.73 Å². The summed E-state index contributed by atoms with van der Waals surface area (Å²) in [5.41, 5.74) is 6.12. The molecular weight excluding hydrogens is 422 g/mol. The molecular formula is C22H28ClN3O3S. The summed E-state index contributed by atoms with van der Waals surface area (Å²) in [6, 6.07) is 12.9. The highest BCUT2D eigenvalue weighted by Gasteiger charge is 2.23. The van der Waals surface area contributed by atoms with Gasteiger partial charge in [0.15, 0.2) is 0 Å². The van der Waals surface area contributed by atoms with E-state index in [4.69, 9.17) is 11.6 Å². The van der Waals surface area contributed by atoms with Gasteiger partial charge in [-0.2, -0.15) is 5.10 Å². The van der Waals surface area contributed by atoms with Crippen molar-refractivity contribution < 1.29 is 13.2 Å². The zero-order valence-electron chi connectivity index (χ0n) is 18.2. The average molecular weight is 450 g/mol. The Balaban J connectivity index is 2.16.